The molecule has 5 rings (SSSR count). The zero-order valence-electron chi connectivity index (χ0n) is 20.6. The van der Waals surface area contributed by atoms with Crippen molar-refractivity contribution in [3.8, 4) is 0 Å². The molecule has 4 aromatic rings. The van der Waals surface area contributed by atoms with Gasteiger partial charge in [-0.25, -0.2) is 4.79 Å². The maximum atomic E-state index is 13.1. The van der Waals surface area contributed by atoms with Gasteiger partial charge >= 0.3 is 5.97 Å². The smallest absolute Gasteiger partial charge is 0.371 e. The summed E-state index contributed by atoms with van der Waals surface area (Å²) in [4.78, 5) is 50.7. The highest BCUT2D eigenvalue weighted by atomic mass is 32.2. The summed E-state index contributed by atoms with van der Waals surface area (Å²) in [5.74, 6) is -1.82. The maximum absolute atomic E-state index is 13.1. The molecular formula is C28H23N3O6S. The first-order valence-corrected chi connectivity index (χ1v) is 12.5. The quantitative estimate of drug-likeness (QED) is 0.313. The normalized spacial score (nSPS) is 14.6. The first-order valence-electron chi connectivity index (χ1n) is 11.7. The number of carboxylic acids is 1. The summed E-state index contributed by atoms with van der Waals surface area (Å²) in [5, 5.41) is 12.3. The molecule has 0 aliphatic carbocycles. The Morgan fingerprint density at radius 3 is 2.47 bits per heavy atom. The van der Waals surface area contributed by atoms with E-state index < -0.39 is 23.0 Å². The third kappa shape index (κ3) is 4.85. The largest absolute Gasteiger partial charge is 0.475 e. The second kappa shape index (κ2) is 10.1. The molecule has 192 valence electrons. The summed E-state index contributed by atoms with van der Waals surface area (Å²) in [6.45, 7) is 3.64. The van der Waals surface area contributed by atoms with E-state index in [2.05, 4.69) is 5.32 Å². The molecule has 1 aliphatic heterocycles. The lowest BCUT2D eigenvalue weighted by Crippen LogP contribution is -2.36. The number of hydrogen-bond acceptors (Lipinski definition) is 6. The highest BCUT2D eigenvalue weighted by Gasteiger charge is 2.36. The van der Waals surface area contributed by atoms with Gasteiger partial charge < -0.3 is 19.4 Å². The standard InChI is InChI=1S/C28H23N3O6S/c1-16-6-5-7-17(2)25(16)29-24(32)15-31-26(33)23(38-28(31)36)12-18-13-30(21-9-4-3-8-20(18)21)14-19-10-11-22(37-19)27(34)35/h3-13H,14-15H2,1-2H3,(H,29,32)(H,34,35)/b23-12-. The number of thioether (sulfide) groups is 1. The van der Waals surface area contributed by atoms with E-state index in [1.807, 2.05) is 67.1 Å². The van der Waals surface area contributed by atoms with Crippen molar-refractivity contribution in [3.05, 3.63) is 93.9 Å². The molecule has 2 aromatic heterocycles. The first kappa shape index (κ1) is 25.1. The molecule has 2 N–H and O–H groups in total. The zero-order chi connectivity index (χ0) is 27.0. The molecule has 0 saturated carbocycles. The number of rotatable bonds is 7. The fraction of sp³-hybridized carbons (Fsp3) is 0.143. The third-order valence-corrected chi connectivity index (χ3v) is 7.13. The van der Waals surface area contributed by atoms with Gasteiger partial charge in [-0.3, -0.25) is 19.3 Å². The fourth-order valence-electron chi connectivity index (χ4n) is 4.38. The summed E-state index contributed by atoms with van der Waals surface area (Å²) in [6, 6.07) is 16.2. The Morgan fingerprint density at radius 1 is 1.03 bits per heavy atom. The van der Waals surface area contributed by atoms with Crippen LogP contribution in [0, 0.1) is 13.8 Å². The number of aromatic carboxylic acids is 1. The Morgan fingerprint density at radius 2 is 1.76 bits per heavy atom. The van der Waals surface area contributed by atoms with Crippen LogP contribution in [-0.4, -0.2) is 44.1 Å². The lowest BCUT2D eigenvalue weighted by molar-refractivity contribution is -0.127. The molecule has 1 saturated heterocycles. The van der Waals surface area contributed by atoms with Crippen LogP contribution in [0.4, 0.5) is 10.5 Å². The predicted octanol–water partition coefficient (Wildman–Crippen LogP) is 5.27. The van der Waals surface area contributed by atoms with Gasteiger partial charge in [-0.2, -0.15) is 0 Å². The molecular weight excluding hydrogens is 506 g/mol. The van der Waals surface area contributed by atoms with Crippen LogP contribution in [0.25, 0.3) is 17.0 Å². The van der Waals surface area contributed by atoms with Crippen LogP contribution in [-0.2, 0) is 16.1 Å². The number of carboxylic acid groups (broad SMARTS) is 1. The number of carbonyl (C=O) groups excluding carboxylic acids is 3. The zero-order valence-corrected chi connectivity index (χ0v) is 21.4. The van der Waals surface area contributed by atoms with Crippen LogP contribution in [0.5, 0.6) is 0 Å². The first-order chi connectivity index (χ1) is 18.2. The van der Waals surface area contributed by atoms with Crippen molar-refractivity contribution in [2.45, 2.75) is 20.4 Å². The number of benzene rings is 2. The highest BCUT2D eigenvalue weighted by Crippen LogP contribution is 2.34. The average molecular weight is 530 g/mol. The molecule has 9 nitrogen and oxygen atoms in total. The van der Waals surface area contributed by atoms with Crippen LogP contribution in [0.15, 0.2) is 70.1 Å². The van der Waals surface area contributed by atoms with Crippen molar-refractivity contribution in [3.63, 3.8) is 0 Å². The van der Waals surface area contributed by atoms with Crippen molar-refractivity contribution in [1.29, 1.82) is 0 Å². The Kier molecular flexibility index (Phi) is 6.64. The van der Waals surface area contributed by atoms with Crippen LogP contribution in [0.1, 0.15) is 33.0 Å². The summed E-state index contributed by atoms with van der Waals surface area (Å²) in [6.07, 6.45) is 3.45. The van der Waals surface area contributed by atoms with E-state index in [0.29, 0.717) is 17.0 Å². The van der Waals surface area contributed by atoms with E-state index in [-0.39, 0.29) is 23.8 Å². The summed E-state index contributed by atoms with van der Waals surface area (Å²) in [5.41, 5.74) is 3.99. The van der Waals surface area contributed by atoms with Crippen molar-refractivity contribution < 1.29 is 28.7 Å². The monoisotopic (exact) mass is 529 g/mol. The number of nitrogens with one attached hydrogen (secondary N) is 1. The molecule has 0 bridgehead atoms. The van der Waals surface area contributed by atoms with Crippen LogP contribution in [0.3, 0.4) is 0 Å². The minimum atomic E-state index is -1.15. The fourth-order valence-corrected chi connectivity index (χ4v) is 5.21. The van der Waals surface area contributed by atoms with Crippen LogP contribution >= 0.6 is 11.8 Å². The van der Waals surface area contributed by atoms with E-state index in [1.54, 1.807) is 12.1 Å². The number of aromatic nitrogens is 1. The minimum absolute atomic E-state index is 0.146. The molecule has 0 atom stereocenters. The van der Waals surface area contributed by atoms with Crippen LogP contribution < -0.4 is 5.32 Å². The molecule has 38 heavy (non-hydrogen) atoms. The Bertz CT molecular complexity index is 1630. The Hall–Kier alpha value is -4.57. The molecule has 0 unspecified atom stereocenters. The molecule has 0 radical (unpaired) electrons. The lowest BCUT2D eigenvalue weighted by atomic mass is 10.1. The van der Waals surface area contributed by atoms with E-state index in [9.17, 15) is 19.2 Å². The molecule has 1 fully saturated rings. The van der Waals surface area contributed by atoms with E-state index in [1.165, 1.54) is 6.07 Å². The van der Waals surface area contributed by atoms with E-state index in [0.717, 1.165) is 38.7 Å². The van der Waals surface area contributed by atoms with Gasteiger partial charge in [0.2, 0.25) is 11.7 Å². The summed E-state index contributed by atoms with van der Waals surface area (Å²) in [7, 11) is 0. The Balaban J connectivity index is 1.37. The molecule has 3 heterocycles. The van der Waals surface area contributed by atoms with E-state index >= 15 is 0 Å². The SMILES string of the molecule is Cc1cccc(C)c1NC(=O)CN1C(=O)S/C(=C\c2cn(Cc3ccc(C(=O)O)o3)c3ccccc23)C1=O. The predicted molar refractivity (Wildman–Crippen MR) is 144 cm³/mol. The lowest BCUT2D eigenvalue weighted by Gasteiger charge is -2.15. The van der Waals surface area contributed by atoms with Gasteiger partial charge in [0.15, 0.2) is 0 Å². The number of nitrogens with zero attached hydrogens (tertiary/aromatic N) is 2. The number of anilines is 1. The molecule has 2 aromatic carbocycles. The number of aryl methyl sites for hydroxylation is 2. The molecule has 3 amide bonds. The van der Waals surface area contributed by atoms with Crippen molar-refractivity contribution >= 4 is 57.5 Å². The van der Waals surface area contributed by atoms with E-state index in [4.69, 9.17) is 9.52 Å². The number of para-hydroxylation sites is 2. The number of furan rings is 1. The number of fused-ring (bicyclic) bond motifs is 1. The minimum Gasteiger partial charge on any atom is -0.475 e. The van der Waals surface area contributed by atoms with Gasteiger partial charge in [0, 0.05) is 28.4 Å². The van der Waals surface area contributed by atoms with Gasteiger partial charge in [-0.05, 0) is 61.0 Å². The number of imide groups is 1. The number of carbonyl (C=O) groups is 4. The van der Waals surface area contributed by atoms with Crippen molar-refractivity contribution in [2.75, 3.05) is 11.9 Å². The highest BCUT2D eigenvalue weighted by molar-refractivity contribution is 8.18. The second-order valence-corrected chi connectivity index (χ2v) is 9.88. The molecule has 0 spiro atoms. The topological polar surface area (TPSA) is 122 Å². The van der Waals surface area contributed by atoms with Gasteiger partial charge in [0.25, 0.3) is 11.1 Å². The number of amides is 3. The maximum Gasteiger partial charge on any atom is 0.371 e. The second-order valence-electron chi connectivity index (χ2n) is 8.88. The van der Waals surface area contributed by atoms with Gasteiger partial charge in [-0.15, -0.1) is 0 Å². The van der Waals surface area contributed by atoms with Crippen molar-refractivity contribution in [2.24, 2.45) is 0 Å². The van der Waals surface area contributed by atoms with Gasteiger partial charge in [0.05, 0.1) is 11.4 Å². The summed E-state index contributed by atoms with van der Waals surface area (Å²) >= 11 is 0.785. The third-order valence-electron chi connectivity index (χ3n) is 6.23. The Labute approximate surface area is 221 Å². The van der Waals surface area contributed by atoms with Gasteiger partial charge in [0.1, 0.15) is 12.3 Å². The van der Waals surface area contributed by atoms with Crippen molar-refractivity contribution in [1.82, 2.24) is 9.47 Å². The average Bonchev–Trinajstić information content (AvgIpc) is 3.56. The molecule has 10 heteroatoms. The molecule has 1 aliphatic rings. The summed E-state index contributed by atoms with van der Waals surface area (Å²) < 4.78 is 7.28. The van der Waals surface area contributed by atoms with Gasteiger partial charge in [-0.1, -0.05) is 36.4 Å². The number of hydrogen-bond donors (Lipinski definition) is 2. The van der Waals surface area contributed by atoms with Crippen LogP contribution in [0.2, 0.25) is 0 Å².